The Morgan fingerprint density at radius 2 is 1.97 bits per heavy atom. The number of nitrogens with one attached hydrogen (secondary N) is 1. The number of carbonyl (C=O) groups excluding carboxylic acids is 3. The summed E-state index contributed by atoms with van der Waals surface area (Å²) in [4.78, 5) is 49.3. The second-order valence-corrected chi connectivity index (χ2v) is 9.34. The van der Waals surface area contributed by atoms with Crippen LogP contribution in [0.25, 0.3) is 0 Å². The Bertz CT molecular complexity index is 861. The minimum atomic E-state index is -2.05. The summed E-state index contributed by atoms with van der Waals surface area (Å²) >= 11 is 1.01. The van der Waals surface area contributed by atoms with Crippen LogP contribution in [0, 0.1) is 0 Å². The van der Waals surface area contributed by atoms with Gasteiger partial charge < -0.3 is 20.3 Å². The molecule has 2 saturated heterocycles. The van der Waals surface area contributed by atoms with Crippen LogP contribution in [0.2, 0.25) is 0 Å². The minimum absolute atomic E-state index is 0.0351. The molecule has 1 aromatic carbocycles. The molecule has 3 rings (SSSR count). The van der Waals surface area contributed by atoms with Crippen molar-refractivity contribution < 1.29 is 34.1 Å². The van der Waals surface area contributed by atoms with Crippen molar-refractivity contribution in [3.8, 4) is 0 Å². The summed E-state index contributed by atoms with van der Waals surface area (Å²) in [5.41, 5.74) is 0.381. The molecule has 0 unspecified atom stereocenters. The number of ketones is 1. The Balaban J connectivity index is 1.63. The number of hydrogen-bond acceptors (Lipinski definition) is 7. The maximum absolute atomic E-state index is 12.5. The normalized spacial score (nSPS) is 25.6. The molecule has 0 bridgehead atoms. The van der Waals surface area contributed by atoms with E-state index in [2.05, 4.69) is 5.32 Å². The second kappa shape index (κ2) is 9.37. The Morgan fingerprint density at radius 1 is 1.29 bits per heavy atom. The number of Topliss-reactive ketones (excluding diaryl/α,β-unsaturated/α-hetero) is 1. The van der Waals surface area contributed by atoms with Gasteiger partial charge in [0.2, 0.25) is 12.1 Å². The molecule has 0 spiro atoms. The summed E-state index contributed by atoms with van der Waals surface area (Å²) in [6.45, 7) is 3.81. The zero-order chi connectivity index (χ0) is 22.8. The van der Waals surface area contributed by atoms with Gasteiger partial charge in [-0.2, -0.15) is 0 Å². The number of likely N-dealkylation sites (tertiary alicyclic amines) is 1. The van der Waals surface area contributed by atoms with E-state index in [1.165, 1.54) is 0 Å². The molecule has 2 heterocycles. The third-order valence-corrected chi connectivity index (χ3v) is 6.61. The van der Waals surface area contributed by atoms with Crippen molar-refractivity contribution in [2.75, 3.05) is 5.75 Å². The van der Waals surface area contributed by atoms with Gasteiger partial charge in [0.1, 0.15) is 17.5 Å². The van der Waals surface area contributed by atoms with Gasteiger partial charge in [-0.3, -0.25) is 19.3 Å². The molecule has 0 radical (unpaired) electrons. The summed E-state index contributed by atoms with van der Waals surface area (Å²) < 4.78 is 5.73. The van der Waals surface area contributed by atoms with Gasteiger partial charge in [0.05, 0.1) is 17.8 Å². The number of aliphatic hydroxyl groups is 1. The number of hydrogen-bond donors (Lipinski definition) is 3. The van der Waals surface area contributed by atoms with Crippen LogP contribution >= 0.6 is 11.8 Å². The number of aliphatic hydroxyl groups excluding tert-OH is 1. The maximum atomic E-state index is 12.5. The summed E-state index contributed by atoms with van der Waals surface area (Å²) in [5, 5.41) is 20.7. The first-order valence-corrected chi connectivity index (χ1v) is 11.0. The largest absolute Gasteiger partial charge is 0.478 e. The molecule has 0 aliphatic carbocycles. The predicted molar refractivity (Wildman–Crippen MR) is 112 cm³/mol. The Morgan fingerprint density at radius 3 is 2.55 bits per heavy atom. The van der Waals surface area contributed by atoms with Crippen molar-refractivity contribution in [3.63, 3.8) is 0 Å². The maximum Gasteiger partial charge on any atom is 0.354 e. The van der Waals surface area contributed by atoms with Crippen LogP contribution in [-0.2, 0) is 30.3 Å². The molecule has 1 aromatic rings. The first-order valence-electron chi connectivity index (χ1n) is 9.97. The van der Waals surface area contributed by atoms with Crippen molar-refractivity contribution in [2.24, 2.45) is 0 Å². The number of rotatable bonds is 9. The molecule has 0 saturated carbocycles. The van der Waals surface area contributed by atoms with Gasteiger partial charge in [-0.15, -0.1) is 11.8 Å². The van der Waals surface area contributed by atoms with Gasteiger partial charge in [-0.05, 0) is 32.3 Å². The van der Waals surface area contributed by atoms with Crippen molar-refractivity contribution in [1.29, 1.82) is 0 Å². The lowest BCUT2D eigenvalue weighted by Crippen LogP contribution is -2.73. The number of nitrogens with zero attached hydrogens (tertiary/aromatic N) is 1. The van der Waals surface area contributed by atoms with Crippen molar-refractivity contribution >= 4 is 35.3 Å². The van der Waals surface area contributed by atoms with Crippen LogP contribution in [0.15, 0.2) is 30.3 Å². The standard InChI is InChI=1S/C21H26N2O7S/c1-21(2)9-8-14(30-21)13(24)11-31-19-16(17(26)23(19)18(27)20(28)29)22-15(25)10-12-6-4-3-5-7-12/h3-7,14,16,18-19,27H,8-11H2,1-2H3,(H,22,25)(H,28,29)/t14-,16+,18-,19+/m0/s1. The van der Waals surface area contributed by atoms with Crippen LogP contribution in [-0.4, -0.2) is 73.8 Å². The highest BCUT2D eigenvalue weighted by Crippen LogP contribution is 2.34. The zero-order valence-corrected chi connectivity index (χ0v) is 18.1. The molecule has 2 aliphatic heterocycles. The smallest absolute Gasteiger partial charge is 0.354 e. The Labute approximate surface area is 184 Å². The number of thioether (sulfide) groups is 1. The number of carbonyl (C=O) groups is 4. The van der Waals surface area contributed by atoms with E-state index >= 15 is 0 Å². The van der Waals surface area contributed by atoms with E-state index in [4.69, 9.17) is 9.84 Å². The van der Waals surface area contributed by atoms with Crippen LogP contribution in [0.3, 0.4) is 0 Å². The summed E-state index contributed by atoms with van der Waals surface area (Å²) in [5.74, 6) is -2.91. The van der Waals surface area contributed by atoms with Crippen LogP contribution in [0.4, 0.5) is 0 Å². The van der Waals surface area contributed by atoms with E-state index in [0.717, 1.165) is 28.6 Å². The van der Waals surface area contributed by atoms with Crippen molar-refractivity contribution in [3.05, 3.63) is 35.9 Å². The Hall–Kier alpha value is -2.43. The molecule has 9 nitrogen and oxygen atoms in total. The second-order valence-electron chi connectivity index (χ2n) is 8.24. The molecule has 2 aliphatic rings. The fraction of sp³-hybridized carbons (Fsp3) is 0.524. The molecular formula is C21H26N2O7S. The van der Waals surface area contributed by atoms with E-state index in [9.17, 15) is 24.3 Å². The lowest BCUT2D eigenvalue weighted by atomic mass is 10.0. The van der Waals surface area contributed by atoms with Crippen LogP contribution < -0.4 is 5.32 Å². The molecule has 4 atom stereocenters. The monoisotopic (exact) mass is 450 g/mol. The number of amides is 2. The average molecular weight is 451 g/mol. The molecule has 168 valence electrons. The number of benzene rings is 1. The number of carboxylic acid groups (broad SMARTS) is 1. The summed E-state index contributed by atoms with van der Waals surface area (Å²) in [7, 11) is 0. The highest BCUT2D eigenvalue weighted by Gasteiger charge is 2.53. The predicted octanol–water partition coefficient (Wildman–Crippen LogP) is 0.545. The molecule has 31 heavy (non-hydrogen) atoms. The van der Waals surface area contributed by atoms with Gasteiger partial charge in [0.15, 0.2) is 5.78 Å². The fourth-order valence-corrected chi connectivity index (χ4v) is 4.93. The highest BCUT2D eigenvalue weighted by atomic mass is 32.2. The zero-order valence-electron chi connectivity index (χ0n) is 17.3. The quantitative estimate of drug-likeness (QED) is 0.465. The van der Waals surface area contributed by atoms with Crippen LogP contribution in [0.1, 0.15) is 32.3 Å². The van der Waals surface area contributed by atoms with Gasteiger partial charge in [-0.25, -0.2) is 4.79 Å². The fourth-order valence-electron chi connectivity index (χ4n) is 3.65. The third-order valence-electron chi connectivity index (χ3n) is 5.31. The molecule has 2 amide bonds. The first-order chi connectivity index (χ1) is 14.6. The molecular weight excluding hydrogens is 424 g/mol. The molecule has 2 fully saturated rings. The lowest BCUT2D eigenvalue weighted by Gasteiger charge is -2.47. The SMILES string of the molecule is CC1(C)CC[C@@H](C(=O)CS[C@@H]2[C@H](NC(=O)Cc3ccccc3)C(=O)N2[C@@H](O)C(=O)O)O1. The Kier molecular flexibility index (Phi) is 7.03. The van der Waals surface area contributed by atoms with E-state index < -0.39 is 41.5 Å². The van der Waals surface area contributed by atoms with Gasteiger partial charge in [0.25, 0.3) is 5.91 Å². The first kappa shape index (κ1) is 23.2. The topological polar surface area (TPSA) is 133 Å². The van der Waals surface area contributed by atoms with E-state index in [0.29, 0.717) is 6.42 Å². The van der Waals surface area contributed by atoms with E-state index in [1.54, 1.807) is 24.3 Å². The number of ether oxygens (including phenoxy) is 1. The average Bonchev–Trinajstić information content (AvgIpc) is 3.09. The van der Waals surface area contributed by atoms with E-state index in [-0.39, 0.29) is 23.6 Å². The number of β-lactam (4-membered cyclic amide) rings is 1. The summed E-state index contributed by atoms with van der Waals surface area (Å²) in [6, 6.07) is 7.93. The summed E-state index contributed by atoms with van der Waals surface area (Å²) in [6.07, 6.45) is -1.22. The van der Waals surface area contributed by atoms with Gasteiger partial charge in [-0.1, -0.05) is 30.3 Å². The van der Waals surface area contributed by atoms with Crippen molar-refractivity contribution in [1.82, 2.24) is 10.2 Å². The van der Waals surface area contributed by atoms with Crippen LogP contribution in [0.5, 0.6) is 0 Å². The number of aliphatic carboxylic acids is 1. The lowest BCUT2D eigenvalue weighted by molar-refractivity contribution is -0.178. The van der Waals surface area contributed by atoms with Crippen molar-refractivity contribution in [2.45, 2.75) is 62.5 Å². The molecule has 3 N–H and O–H groups in total. The molecule has 10 heteroatoms. The van der Waals surface area contributed by atoms with Gasteiger partial charge >= 0.3 is 5.97 Å². The third kappa shape index (κ3) is 5.44. The highest BCUT2D eigenvalue weighted by molar-refractivity contribution is 8.00. The molecule has 0 aromatic heterocycles. The number of carboxylic acids is 1. The van der Waals surface area contributed by atoms with E-state index in [1.807, 2.05) is 19.9 Å². The minimum Gasteiger partial charge on any atom is -0.478 e. The van der Waals surface area contributed by atoms with Gasteiger partial charge in [0, 0.05) is 0 Å².